The van der Waals surface area contributed by atoms with Crippen molar-refractivity contribution in [1.82, 2.24) is 9.47 Å². The van der Waals surface area contributed by atoms with E-state index >= 15 is 0 Å². The Labute approximate surface area is 222 Å². The molecule has 0 fully saturated rings. The molecule has 5 nitrogen and oxygen atoms in total. The number of anilines is 1. The van der Waals surface area contributed by atoms with Gasteiger partial charge in [0.25, 0.3) is 5.91 Å². The third kappa shape index (κ3) is 3.97. The second-order valence-corrected chi connectivity index (χ2v) is 10.0. The van der Waals surface area contributed by atoms with E-state index < -0.39 is 6.04 Å². The van der Waals surface area contributed by atoms with Gasteiger partial charge in [-0.3, -0.25) is 9.59 Å². The topological polar surface area (TPSA) is 54.3 Å². The van der Waals surface area contributed by atoms with E-state index in [1.807, 2.05) is 67.6 Å². The van der Waals surface area contributed by atoms with Gasteiger partial charge in [-0.25, -0.2) is 0 Å². The highest BCUT2D eigenvalue weighted by Crippen LogP contribution is 2.46. The lowest BCUT2D eigenvalue weighted by atomic mass is 9.93. The Bertz CT molecular complexity index is 1680. The standard InChI is InChI=1S/C33H29N3O2/c1-21-12-16-23(17-13-21)31-30(27-10-6-7-11-28(27)35(31)3)32-25-8-4-5-9-26(25)33(38)36(32)20-29(37)34-24-18-14-22(2)15-19-24/h4-19,32H,20H2,1-3H3,(H,34,37). The van der Waals surface area contributed by atoms with E-state index in [2.05, 4.69) is 60.3 Å². The fraction of sp³-hybridized carbons (Fsp3) is 0.152. The van der Waals surface area contributed by atoms with Crippen LogP contribution in [0.1, 0.15) is 38.7 Å². The van der Waals surface area contributed by atoms with Crippen LogP contribution in [0.5, 0.6) is 0 Å². The molecule has 188 valence electrons. The quantitative estimate of drug-likeness (QED) is 0.295. The predicted molar refractivity (Wildman–Crippen MR) is 152 cm³/mol. The van der Waals surface area contributed by atoms with Crippen LogP contribution in [0, 0.1) is 13.8 Å². The summed E-state index contributed by atoms with van der Waals surface area (Å²) >= 11 is 0. The summed E-state index contributed by atoms with van der Waals surface area (Å²) in [5, 5.41) is 4.05. The smallest absolute Gasteiger partial charge is 0.255 e. The molecule has 1 aliphatic rings. The third-order valence-electron chi connectivity index (χ3n) is 7.45. The maximum absolute atomic E-state index is 13.8. The highest BCUT2D eigenvalue weighted by Gasteiger charge is 2.41. The van der Waals surface area contributed by atoms with Crippen molar-refractivity contribution in [3.05, 3.63) is 125 Å². The lowest BCUT2D eigenvalue weighted by molar-refractivity contribution is -0.117. The monoisotopic (exact) mass is 499 g/mol. The van der Waals surface area contributed by atoms with E-state index in [1.54, 1.807) is 4.90 Å². The normalized spacial score (nSPS) is 14.7. The molecule has 38 heavy (non-hydrogen) atoms. The Morgan fingerprint density at radius 3 is 2.18 bits per heavy atom. The van der Waals surface area contributed by atoms with Crippen LogP contribution in [0.4, 0.5) is 5.69 Å². The molecular weight excluding hydrogens is 470 g/mol. The average Bonchev–Trinajstić information content (AvgIpc) is 3.36. The number of para-hydroxylation sites is 1. The van der Waals surface area contributed by atoms with Gasteiger partial charge in [0.05, 0.1) is 11.7 Å². The molecule has 2 amide bonds. The van der Waals surface area contributed by atoms with Gasteiger partial charge in [-0.1, -0.05) is 83.9 Å². The van der Waals surface area contributed by atoms with E-state index in [9.17, 15) is 9.59 Å². The molecule has 0 radical (unpaired) electrons. The minimum atomic E-state index is -0.398. The summed E-state index contributed by atoms with van der Waals surface area (Å²) in [6.45, 7) is 4.03. The zero-order chi connectivity index (χ0) is 26.4. The molecule has 1 atom stereocenters. The van der Waals surface area contributed by atoms with E-state index in [-0.39, 0.29) is 18.4 Å². The summed E-state index contributed by atoms with van der Waals surface area (Å²) in [6.07, 6.45) is 0. The maximum Gasteiger partial charge on any atom is 0.255 e. The summed E-state index contributed by atoms with van der Waals surface area (Å²) in [7, 11) is 2.07. The summed E-state index contributed by atoms with van der Waals surface area (Å²) in [6, 6.07) is 31.7. The van der Waals surface area contributed by atoms with Crippen molar-refractivity contribution in [1.29, 1.82) is 0 Å². The molecule has 0 saturated heterocycles. The molecule has 0 spiro atoms. The minimum Gasteiger partial charge on any atom is -0.343 e. The number of carbonyl (C=O) groups excluding carboxylic acids is 2. The number of nitrogens with zero attached hydrogens (tertiary/aromatic N) is 2. The highest BCUT2D eigenvalue weighted by molar-refractivity contribution is 6.05. The van der Waals surface area contributed by atoms with E-state index in [4.69, 9.17) is 0 Å². The SMILES string of the molecule is Cc1ccc(NC(=O)CN2C(=O)c3ccccc3C2c2c(-c3ccc(C)cc3)n(C)c3ccccc23)cc1. The fourth-order valence-corrected chi connectivity index (χ4v) is 5.60. The van der Waals surface area contributed by atoms with E-state index in [0.717, 1.165) is 38.9 Å². The van der Waals surface area contributed by atoms with Crippen molar-refractivity contribution in [2.75, 3.05) is 11.9 Å². The van der Waals surface area contributed by atoms with E-state index in [1.165, 1.54) is 5.56 Å². The van der Waals surface area contributed by atoms with E-state index in [0.29, 0.717) is 11.3 Å². The van der Waals surface area contributed by atoms with Gasteiger partial charge in [-0.2, -0.15) is 0 Å². The molecule has 1 unspecified atom stereocenters. The molecule has 1 aliphatic heterocycles. The predicted octanol–water partition coefficient (Wildman–Crippen LogP) is 6.65. The number of hydrogen-bond donors (Lipinski definition) is 1. The molecular formula is C33H29N3O2. The number of nitrogens with one attached hydrogen (secondary N) is 1. The molecule has 1 aromatic heterocycles. The van der Waals surface area contributed by atoms with Crippen molar-refractivity contribution in [2.24, 2.45) is 7.05 Å². The Morgan fingerprint density at radius 1 is 0.816 bits per heavy atom. The number of benzene rings is 4. The lowest BCUT2D eigenvalue weighted by Crippen LogP contribution is -2.36. The van der Waals surface area contributed by atoms with Gasteiger partial charge in [-0.05, 0) is 49.2 Å². The first kappa shape index (κ1) is 23.7. The van der Waals surface area contributed by atoms with Crippen LogP contribution in [-0.4, -0.2) is 27.8 Å². The van der Waals surface area contributed by atoms with Gasteiger partial charge in [0.1, 0.15) is 6.54 Å². The van der Waals surface area contributed by atoms with Crippen LogP contribution < -0.4 is 5.32 Å². The number of fused-ring (bicyclic) bond motifs is 2. The van der Waals surface area contributed by atoms with Crippen molar-refractivity contribution in [3.63, 3.8) is 0 Å². The Morgan fingerprint density at radius 2 is 1.45 bits per heavy atom. The number of aryl methyl sites for hydroxylation is 3. The molecule has 1 N–H and O–H groups in total. The molecule has 6 rings (SSSR count). The van der Waals surface area contributed by atoms with Gasteiger partial charge < -0.3 is 14.8 Å². The van der Waals surface area contributed by atoms with Crippen LogP contribution in [0.3, 0.4) is 0 Å². The zero-order valence-electron chi connectivity index (χ0n) is 21.7. The number of amides is 2. The molecule has 4 aromatic carbocycles. The second kappa shape index (κ2) is 9.34. The molecule has 5 aromatic rings. The summed E-state index contributed by atoms with van der Waals surface area (Å²) in [4.78, 5) is 28.8. The second-order valence-electron chi connectivity index (χ2n) is 10.0. The average molecular weight is 500 g/mol. The first-order chi connectivity index (χ1) is 18.4. The van der Waals surface area contributed by atoms with Gasteiger partial charge >= 0.3 is 0 Å². The van der Waals surface area contributed by atoms with Gasteiger partial charge in [0.2, 0.25) is 5.91 Å². The largest absolute Gasteiger partial charge is 0.343 e. The number of carbonyl (C=O) groups is 2. The Kier molecular flexibility index (Phi) is 5.84. The first-order valence-electron chi connectivity index (χ1n) is 12.8. The van der Waals surface area contributed by atoms with Crippen molar-refractivity contribution < 1.29 is 9.59 Å². The zero-order valence-corrected chi connectivity index (χ0v) is 21.7. The van der Waals surface area contributed by atoms with Crippen LogP contribution in [0.15, 0.2) is 97.1 Å². The third-order valence-corrected chi connectivity index (χ3v) is 7.45. The Balaban J connectivity index is 1.50. The lowest BCUT2D eigenvalue weighted by Gasteiger charge is -2.26. The minimum absolute atomic E-state index is 0.0530. The van der Waals surface area contributed by atoms with Crippen LogP contribution in [0.25, 0.3) is 22.2 Å². The summed E-state index contributed by atoms with van der Waals surface area (Å²) in [5.41, 5.74) is 8.82. The maximum atomic E-state index is 13.8. The number of hydrogen-bond acceptors (Lipinski definition) is 2. The van der Waals surface area contributed by atoms with Crippen LogP contribution in [-0.2, 0) is 11.8 Å². The number of rotatable bonds is 5. The molecule has 2 heterocycles. The van der Waals surface area contributed by atoms with Crippen molar-refractivity contribution >= 4 is 28.4 Å². The summed E-state index contributed by atoms with van der Waals surface area (Å²) in [5.74, 6) is -0.357. The van der Waals surface area contributed by atoms with Crippen molar-refractivity contribution in [2.45, 2.75) is 19.9 Å². The first-order valence-corrected chi connectivity index (χ1v) is 12.8. The molecule has 5 heteroatoms. The molecule has 0 aliphatic carbocycles. The summed E-state index contributed by atoms with van der Waals surface area (Å²) < 4.78 is 2.20. The number of aromatic nitrogens is 1. The fourth-order valence-electron chi connectivity index (χ4n) is 5.60. The molecule has 0 saturated carbocycles. The Hall–Kier alpha value is -4.64. The molecule has 0 bridgehead atoms. The van der Waals surface area contributed by atoms with Gasteiger partial charge in [-0.15, -0.1) is 0 Å². The van der Waals surface area contributed by atoms with Crippen LogP contribution >= 0.6 is 0 Å². The van der Waals surface area contributed by atoms with Crippen molar-refractivity contribution in [3.8, 4) is 11.3 Å². The van der Waals surface area contributed by atoms with Crippen LogP contribution in [0.2, 0.25) is 0 Å². The van der Waals surface area contributed by atoms with Gasteiger partial charge in [0.15, 0.2) is 0 Å². The highest BCUT2D eigenvalue weighted by atomic mass is 16.2. The van der Waals surface area contributed by atoms with Gasteiger partial charge in [0, 0.05) is 34.8 Å².